The van der Waals surface area contributed by atoms with E-state index < -0.39 is 28.9 Å². The minimum atomic E-state index is -5.53. The third-order valence-corrected chi connectivity index (χ3v) is 3.82. The summed E-state index contributed by atoms with van der Waals surface area (Å²) in [6, 6.07) is 8.52. The van der Waals surface area contributed by atoms with Crippen LogP contribution in [0.4, 0.5) is 26.3 Å². The van der Waals surface area contributed by atoms with Gasteiger partial charge in [0.1, 0.15) is 0 Å². The average Bonchev–Trinajstić information content (AvgIpc) is 2.40. The first-order valence-corrected chi connectivity index (χ1v) is 6.78. The molecule has 2 rings (SSSR count). The van der Waals surface area contributed by atoms with Gasteiger partial charge in [0, 0.05) is 0 Å². The van der Waals surface area contributed by atoms with Crippen molar-refractivity contribution in [3.63, 3.8) is 0 Å². The molecule has 0 heterocycles. The standard InChI is InChI=1S/C17H14F6.CH4/c1-11-3-7-13(8-4-11)15(16(18,19)20,17(21,22)23)14-9-5-12(2)6-10-14;/h3-10H,1-2H3;1H4. The van der Waals surface area contributed by atoms with Gasteiger partial charge in [-0.05, 0) is 25.0 Å². The van der Waals surface area contributed by atoms with E-state index in [1.165, 1.54) is 24.3 Å². The van der Waals surface area contributed by atoms with Gasteiger partial charge in [-0.3, -0.25) is 0 Å². The molecule has 0 unspecified atom stereocenters. The van der Waals surface area contributed by atoms with Crippen LogP contribution in [0, 0.1) is 13.8 Å². The third-order valence-electron chi connectivity index (χ3n) is 3.82. The highest BCUT2D eigenvalue weighted by Crippen LogP contribution is 2.56. The first-order valence-electron chi connectivity index (χ1n) is 6.78. The molecule has 0 aliphatic carbocycles. The topological polar surface area (TPSA) is 0 Å². The number of halogens is 6. The lowest BCUT2D eigenvalue weighted by Gasteiger charge is -2.38. The lowest BCUT2D eigenvalue weighted by Crippen LogP contribution is -2.54. The molecule has 0 aliphatic rings. The Labute approximate surface area is 137 Å². The summed E-state index contributed by atoms with van der Waals surface area (Å²) in [6.07, 6.45) is -11.1. The predicted molar refractivity (Wildman–Crippen MR) is 82.0 cm³/mol. The van der Waals surface area contributed by atoms with Gasteiger partial charge < -0.3 is 0 Å². The lowest BCUT2D eigenvalue weighted by atomic mass is 9.72. The van der Waals surface area contributed by atoms with Crippen LogP contribution in [0.25, 0.3) is 0 Å². The van der Waals surface area contributed by atoms with E-state index in [-0.39, 0.29) is 7.43 Å². The van der Waals surface area contributed by atoms with Crippen molar-refractivity contribution in [2.75, 3.05) is 0 Å². The maximum atomic E-state index is 13.7. The van der Waals surface area contributed by atoms with Gasteiger partial charge >= 0.3 is 12.4 Å². The number of aryl methyl sites for hydroxylation is 2. The Morgan fingerprint density at radius 3 is 1.00 bits per heavy atom. The van der Waals surface area contributed by atoms with E-state index in [1.54, 1.807) is 13.8 Å². The van der Waals surface area contributed by atoms with Crippen molar-refractivity contribution in [1.82, 2.24) is 0 Å². The van der Waals surface area contributed by atoms with Crippen LogP contribution in [0.1, 0.15) is 29.7 Å². The van der Waals surface area contributed by atoms with E-state index in [2.05, 4.69) is 0 Å². The smallest absolute Gasteiger partial charge is 0.169 e. The summed E-state index contributed by atoms with van der Waals surface area (Å²) in [5.41, 5.74) is -4.58. The summed E-state index contributed by atoms with van der Waals surface area (Å²) in [7, 11) is 0. The second-order valence-corrected chi connectivity index (χ2v) is 5.48. The van der Waals surface area contributed by atoms with Gasteiger partial charge in [-0.15, -0.1) is 0 Å². The molecule has 0 N–H and O–H groups in total. The van der Waals surface area contributed by atoms with E-state index >= 15 is 0 Å². The molecule has 6 heteroatoms. The largest absolute Gasteiger partial charge is 0.411 e. The monoisotopic (exact) mass is 348 g/mol. The normalized spacial score (nSPS) is 12.7. The van der Waals surface area contributed by atoms with Crippen LogP contribution < -0.4 is 0 Å². The number of alkyl halides is 6. The first-order chi connectivity index (χ1) is 10.5. The number of rotatable bonds is 2. The lowest BCUT2D eigenvalue weighted by molar-refractivity contribution is -0.288. The Morgan fingerprint density at radius 1 is 0.542 bits per heavy atom. The van der Waals surface area contributed by atoms with Crippen LogP contribution >= 0.6 is 0 Å². The average molecular weight is 348 g/mol. The second-order valence-electron chi connectivity index (χ2n) is 5.48. The summed E-state index contributed by atoms with van der Waals surface area (Å²) in [4.78, 5) is 0. The molecule has 0 nitrogen and oxygen atoms in total. The molecular formula is C18H18F6. The van der Waals surface area contributed by atoms with E-state index in [1.807, 2.05) is 0 Å². The molecule has 0 amide bonds. The maximum Gasteiger partial charge on any atom is 0.411 e. The summed E-state index contributed by atoms with van der Waals surface area (Å²) in [6.45, 7) is 3.19. The molecule has 2 aromatic carbocycles. The predicted octanol–water partition coefficient (Wildman–Crippen LogP) is 6.35. The van der Waals surface area contributed by atoms with Gasteiger partial charge in [0.15, 0.2) is 0 Å². The number of benzene rings is 2. The van der Waals surface area contributed by atoms with Gasteiger partial charge in [0.2, 0.25) is 5.41 Å². The van der Waals surface area contributed by atoms with Crippen molar-refractivity contribution in [3.8, 4) is 0 Å². The quantitative estimate of drug-likeness (QED) is 0.555. The fourth-order valence-electron chi connectivity index (χ4n) is 2.59. The zero-order chi connectivity index (χ0) is 17.5. The van der Waals surface area contributed by atoms with Crippen LogP contribution in [-0.4, -0.2) is 12.4 Å². The molecule has 0 aromatic heterocycles. The molecule has 0 atom stereocenters. The van der Waals surface area contributed by atoms with Gasteiger partial charge in [-0.25, -0.2) is 0 Å². The van der Waals surface area contributed by atoms with Crippen LogP contribution in [-0.2, 0) is 5.41 Å². The SMILES string of the molecule is C.Cc1ccc(C(c2ccc(C)cc2)(C(F)(F)F)C(F)(F)F)cc1. The molecular weight excluding hydrogens is 330 g/mol. The van der Waals surface area contributed by atoms with Crippen LogP contribution in [0.15, 0.2) is 48.5 Å². The van der Waals surface area contributed by atoms with Crippen molar-refractivity contribution in [1.29, 1.82) is 0 Å². The highest BCUT2D eigenvalue weighted by Gasteiger charge is 2.72. The summed E-state index contributed by atoms with van der Waals surface area (Å²) in [5.74, 6) is 0. The van der Waals surface area contributed by atoms with E-state index in [9.17, 15) is 26.3 Å². The summed E-state index contributed by atoms with van der Waals surface area (Å²) < 4.78 is 82.3. The second kappa shape index (κ2) is 6.49. The Morgan fingerprint density at radius 2 is 0.792 bits per heavy atom. The van der Waals surface area contributed by atoms with Crippen LogP contribution in [0.5, 0.6) is 0 Å². The number of hydrogen-bond donors (Lipinski definition) is 0. The van der Waals surface area contributed by atoms with E-state index in [4.69, 9.17) is 0 Å². The van der Waals surface area contributed by atoms with E-state index in [0.29, 0.717) is 11.1 Å². The zero-order valence-corrected chi connectivity index (χ0v) is 12.4. The molecule has 24 heavy (non-hydrogen) atoms. The van der Waals surface area contributed by atoms with Crippen molar-refractivity contribution >= 4 is 0 Å². The Bertz CT molecular complexity index is 601. The maximum absolute atomic E-state index is 13.7. The Balaban J connectivity index is 0.00000288. The molecule has 0 bridgehead atoms. The van der Waals surface area contributed by atoms with E-state index in [0.717, 1.165) is 24.3 Å². The van der Waals surface area contributed by atoms with Crippen molar-refractivity contribution in [2.45, 2.75) is 39.0 Å². The number of hydrogen-bond acceptors (Lipinski definition) is 0. The molecule has 0 spiro atoms. The fraction of sp³-hybridized carbons (Fsp3) is 0.333. The Kier molecular flexibility index (Phi) is 5.43. The molecule has 0 saturated heterocycles. The fourth-order valence-corrected chi connectivity index (χ4v) is 2.59. The minimum absolute atomic E-state index is 0. The van der Waals surface area contributed by atoms with Crippen molar-refractivity contribution in [2.24, 2.45) is 0 Å². The summed E-state index contributed by atoms with van der Waals surface area (Å²) in [5, 5.41) is 0. The highest BCUT2D eigenvalue weighted by molar-refractivity contribution is 5.45. The van der Waals surface area contributed by atoms with Crippen LogP contribution in [0.2, 0.25) is 0 Å². The van der Waals surface area contributed by atoms with Gasteiger partial charge in [0.05, 0.1) is 0 Å². The van der Waals surface area contributed by atoms with Gasteiger partial charge in [0.25, 0.3) is 0 Å². The Hall–Kier alpha value is -1.98. The molecule has 0 aliphatic heterocycles. The van der Waals surface area contributed by atoms with Gasteiger partial charge in [-0.1, -0.05) is 67.1 Å². The highest BCUT2D eigenvalue weighted by atomic mass is 19.4. The summed E-state index contributed by atoms with van der Waals surface area (Å²) >= 11 is 0. The molecule has 132 valence electrons. The first kappa shape index (κ1) is 20.1. The van der Waals surface area contributed by atoms with Crippen molar-refractivity contribution in [3.05, 3.63) is 70.8 Å². The third kappa shape index (κ3) is 3.14. The van der Waals surface area contributed by atoms with Gasteiger partial charge in [-0.2, -0.15) is 26.3 Å². The van der Waals surface area contributed by atoms with Crippen molar-refractivity contribution < 1.29 is 26.3 Å². The van der Waals surface area contributed by atoms with Crippen LogP contribution in [0.3, 0.4) is 0 Å². The molecule has 0 saturated carbocycles. The molecule has 0 radical (unpaired) electrons. The zero-order valence-electron chi connectivity index (χ0n) is 12.4. The molecule has 2 aromatic rings. The minimum Gasteiger partial charge on any atom is -0.169 e. The molecule has 0 fully saturated rings.